The molecule has 1 aromatic carbocycles. The molecule has 0 radical (unpaired) electrons. The Bertz CT molecular complexity index is 743. The fourth-order valence-corrected chi connectivity index (χ4v) is 2.97. The molecule has 0 amide bonds. The number of nitro groups is 1. The van der Waals surface area contributed by atoms with Crippen molar-refractivity contribution in [2.24, 2.45) is 11.8 Å². The van der Waals surface area contributed by atoms with Gasteiger partial charge in [0.15, 0.2) is 5.52 Å². The molecule has 1 saturated heterocycles. The lowest BCUT2D eigenvalue weighted by molar-refractivity contribution is -0.383. The number of aliphatic carboxylic acids is 1. The lowest BCUT2D eigenvalue weighted by Crippen LogP contribution is -2.42. The van der Waals surface area contributed by atoms with E-state index >= 15 is 0 Å². The summed E-state index contributed by atoms with van der Waals surface area (Å²) < 4.78 is 4.64. The molecular formula is C13H14N4O5. The second-order valence-electron chi connectivity index (χ2n) is 5.60. The molecule has 2 aromatic rings. The van der Waals surface area contributed by atoms with E-state index in [2.05, 4.69) is 14.9 Å². The summed E-state index contributed by atoms with van der Waals surface area (Å²) >= 11 is 0. The summed E-state index contributed by atoms with van der Waals surface area (Å²) in [6.07, 6.45) is 0.610. The van der Waals surface area contributed by atoms with Crippen LogP contribution < -0.4 is 4.90 Å². The van der Waals surface area contributed by atoms with Crippen molar-refractivity contribution in [3.63, 3.8) is 0 Å². The minimum absolute atomic E-state index is 0.0765. The molecule has 1 N–H and O–H groups in total. The maximum atomic E-state index is 11.3. The molecule has 2 unspecified atom stereocenters. The lowest BCUT2D eigenvalue weighted by atomic mass is 9.90. The molecule has 116 valence electrons. The molecule has 0 bridgehead atoms. The highest BCUT2D eigenvalue weighted by molar-refractivity contribution is 5.94. The largest absolute Gasteiger partial charge is 0.481 e. The molecule has 1 aliphatic rings. The van der Waals surface area contributed by atoms with Crippen molar-refractivity contribution in [1.82, 2.24) is 10.3 Å². The number of anilines is 1. The van der Waals surface area contributed by atoms with Gasteiger partial charge in [0, 0.05) is 19.2 Å². The van der Waals surface area contributed by atoms with Crippen molar-refractivity contribution < 1.29 is 19.5 Å². The molecule has 0 spiro atoms. The standard InChI is InChI=1S/C13H14N4O5/c1-7-4-8(13(18)19)6-16(5-7)9-2-3-10(17(20)21)12-11(9)14-22-15-12/h2-3,7-8H,4-6H2,1H3,(H,18,19). The zero-order valence-corrected chi connectivity index (χ0v) is 11.8. The van der Waals surface area contributed by atoms with Crippen LogP contribution in [0, 0.1) is 22.0 Å². The normalized spacial score (nSPS) is 22.0. The van der Waals surface area contributed by atoms with Crippen LogP contribution in [0.2, 0.25) is 0 Å². The molecular weight excluding hydrogens is 292 g/mol. The Morgan fingerprint density at radius 3 is 2.82 bits per heavy atom. The van der Waals surface area contributed by atoms with Crippen molar-refractivity contribution in [2.75, 3.05) is 18.0 Å². The van der Waals surface area contributed by atoms with E-state index in [1.165, 1.54) is 6.07 Å². The second kappa shape index (κ2) is 5.24. The number of piperidine rings is 1. The van der Waals surface area contributed by atoms with Crippen molar-refractivity contribution in [3.05, 3.63) is 22.2 Å². The average Bonchev–Trinajstić information content (AvgIpc) is 2.94. The van der Waals surface area contributed by atoms with Gasteiger partial charge in [-0.15, -0.1) is 0 Å². The molecule has 0 aliphatic carbocycles. The number of carbonyl (C=O) groups is 1. The van der Waals surface area contributed by atoms with Crippen molar-refractivity contribution in [2.45, 2.75) is 13.3 Å². The van der Waals surface area contributed by atoms with Crippen LogP contribution in [-0.4, -0.2) is 39.4 Å². The number of aromatic nitrogens is 2. The molecule has 9 nitrogen and oxygen atoms in total. The summed E-state index contributed by atoms with van der Waals surface area (Å²) in [6.45, 7) is 2.97. The highest BCUT2D eigenvalue weighted by Gasteiger charge is 2.32. The van der Waals surface area contributed by atoms with Crippen LogP contribution in [0.4, 0.5) is 11.4 Å². The van der Waals surface area contributed by atoms with Crippen LogP contribution in [0.25, 0.3) is 11.0 Å². The van der Waals surface area contributed by atoms with Gasteiger partial charge in [0.1, 0.15) is 0 Å². The van der Waals surface area contributed by atoms with E-state index in [-0.39, 0.29) is 22.6 Å². The Hall–Kier alpha value is -2.71. The molecule has 0 saturated carbocycles. The van der Waals surface area contributed by atoms with Gasteiger partial charge in [0.2, 0.25) is 5.52 Å². The fraction of sp³-hybridized carbons (Fsp3) is 0.462. The number of benzene rings is 1. The summed E-state index contributed by atoms with van der Waals surface area (Å²) in [5, 5.41) is 27.6. The van der Waals surface area contributed by atoms with E-state index in [9.17, 15) is 20.0 Å². The number of rotatable bonds is 3. The Morgan fingerprint density at radius 1 is 1.41 bits per heavy atom. The van der Waals surface area contributed by atoms with Gasteiger partial charge in [-0.2, -0.15) is 0 Å². The third-order valence-corrected chi connectivity index (χ3v) is 3.92. The number of nitro benzene ring substituents is 1. The molecule has 1 aromatic heterocycles. The van der Waals surface area contributed by atoms with Gasteiger partial charge in [0.05, 0.1) is 16.5 Å². The number of fused-ring (bicyclic) bond motifs is 1. The highest BCUT2D eigenvalue weighted by Crippen LogP contribution is 2.34. The van der Waals surface area contributed by atoms with Crippen LogP contribution in [0.5, 0.6) is 0 Å². The van der Waals surface area contributed by atoms with Crippen molar-refractivity contribution in [3.8, 4) is 0 Å². The van der Waals surface area contributed by atoms with Crippen LogP contribution in [-0.2, 0) is 4.79 Å². The minimum atomic E-state index is -0.840. The highest BCUT2D eigenvalue weighted by atomic mass is 16.6. The maximum Gasteiger partial charge on any atom is 0.308 e. The zero-order chi connectivity index (χ0) is 15.9. The third kappa shape index (κ3) is 2.34. The molecule has 3 rings (SSSR count). The summed E-state index contributed by atoms with van der Waals surface area (Å²) in [5.74, 6) is -1.12. The first kappa shape index (κ1) is 14.2. The van der Waals surface area contributed by atoms with Crippen molar-refractivity contribution >= 4 is 28.4 Å². The van der Waals surface area contributed by atoms with Crippen LogP contribution in [0.1, 0.15) is 13.3 Å². The number of hydrogen-bond donors (Lipinski definition) is 1. The predicted molar refractivity (Wildman–Crippen MR) is 75.6 cm³/mol. The van der Waals surface area contributed by atoms with Crippen LogP contribution in [0.15, 0.2) is 16.8 Å². The number of carboxylic acids is 1. The summed E-state index contributed by atoms with van der Waals surface area (Å²) in [5.41, 5.74) is 0.791. The first-order chi connectivity index (χ1) is 10.5. The van der Waals surface area contributed by atoms with E-state index in [0.29, 0.717) is 25.2 Å². The van der Waals surface area contributed by atoms with Gasteiger partial charge < -0.3 is 10.0 Å². The summed E-state index contributed by atoms with van der Waals surface area (Å²) in [7, 11) is 0. The Balaban J connectivity index is 2.03. The van der Waals surface area contributed by atoms with Crippen LogP contribution in [0.3, 0.4) is 0 Å². The number of non-ortho nitro benzene ring substituents is 1. The Morgan fingerprint density at radius 2 is 2.14 bits per heavy atom. The summed E-state index contributed by atoms with van der Waals surface area (Å²) in [4.78, 5) is 23.6. The molecule has 1 fully saturated rings. The van der Waals surface area contributed by atoms with E-state index < -0.39 is 16.8 Å². The quantitative estimate of drug-likeness (QED) is 0.671. The second-order valence-corrected chi connectivity index (χ2v) is 5.60. The smallest absolute Gasteiger partial charge is 0.308 e. The minimum Gasteiger partial charge on any atom is -0.481 e. The predicted octanol–water partition coefficient (Wildman–Crippen LogP) is 1.68. The fourth-order valence-electron chi connectivity index (χ4n) is 2.97. The van der Waals surface area contributed by atoms with Gasteiger partial charge in [0.25, 0.3) is 0 Å². The maximum absolute atomic E-state index is 11.3. The lowest BCUT2D eigenvalue weighted by Gasteiger charge is -2.36. The third-order valence-electron chi connectivity index (χ3n) is 3.92. The van der Waals surface area contributed by atoms with Gasteiger partial charge in [-0.3, -0.25) is 14.9 Å². The Kier molecular flexibility index (Phi) is 3.39. The van der Waals surface area contributed by atoms with Gasteiger partial charge >= 0.3 is 11.7 Å². The molecule has 22 heavy (non-hydrogen) atoms. The monoisotopic (exact) mass is 306 g/mol. The summed E-state index contributed by atoms with van der Waals surface area (Å²) in [6, 6.07) is 2.92. The Labute approximate surface area is 124 Å². The molecule has 2 heterocycles. The zero-order valence-electron chi connectivity index (χ0n) is 11.8. The van der Waals surface area contributed by atoms with Gasteiger partial charge in [-0.05, 0) is 28.7 Å². The van der Waals surface area contributed by atoms with E-state index in [0.717, 1.165) is 0 Å². The molecule has 2 atom stereocenters. The topological polar surface area (TPSA) is 123 Å². The van der Waals surface area contributed by atoms with E-state index in [4.69, 9.17) is 0 Å². The number of nitrogens with zero attached hydrogens (tertiary/aromatic N) is 4. The van der Waals surface area contributed by atoms with Gasteiger partial charge in [-0.25, -0.2) is 4.63 Å². The van der Waals surface area contributed by atoms with Gasteiger partial charge in [-0.1, -0.05) is 6.92 Å². The molecule has 9 heteroatoms. The van der Waals surface area contributed by atoms with E-state index in [1.807, 2.05) is 11.8 Å². The first-order valence-corrected chi connectivity index (χ1v) is 6.84. The van der Waals surface area contributed by atoms with Crippen LogP contribution >= 0.6 is 0 Å². The SMILES string of the molecule is CC1CC(C(=O)O)CN(c2ccc([N+](=O)[O-])c3nonc23)C1. The first-order valence-electron chi connectivity index (χ1n) is 6.84. The number of hydrogen-bond acceptors (Lipinski definition) is 7. The molecule has 1 aliphatic heterocycles. The average molecular weight is 306 g/mol. The number of carboxylic acid groups (broad SMARTS) is 1. The van der Waals surface area contributed by atoms with Crippen molar-refractivity contribution in [1.29, 1.82) is 0 Å². The van der Waals surface area contributed by atoms with E-state index in [1.54, 1.807) is 6.07 Å².